The predicted molar refractivity (Wildman–Crippen MR) is 94.4 cm³/mol. The summed E-state index contributed by atoms with van der Waals surface area (Å²) >= 11 is 13.9. The van der Waals surface area contributed by atoms with Crippen molar-refractivity contribution in [3.05, 3.63) is 52.0 Å². The van der Waals surface area contributed by atoms with Crippen molar-refractivity contribution in [2.24, 2.45) is 0 Å². The maximum absolute atomic E-state index is 11.5. The second-order valence-electron chi connectivity index (χ2n) is 4.49. The fourth-order valence-corrected chi connectivity index (χ4v) is 3.32. The van der Waals surface area contributed by atoms with E-state index >= 15 is 0 Å². The Labute approximate surface area is 148 Å². The third-order valence-corrected chi connectivity index (χ3v) is 4.77. The number of benzene rings is 2. The highest BCUT2D eigenvalue weighted by atomic mass is 35.5. The van der Waals surface area contributed by atoms with Gasteiger partial charge >= 0.3 is 6.03 Å². The molecule has 0 aromatic heterocycles. The number of hydrogen-bond donors (Lipinski definition) is 2. The van der Waals surface area contributed by atoms with Crippen LogP contribution in [0.3, 0.4) is 0 Å². The first kappa shape index (κ1) is 17.5. The lowest BCUT2D eigenvalue weighted by Gasteiger charge is -2.11. The van der Waals surface area contributed by atoms with Gasteiger partial charge in [-0.2, -0.15) is 5.26 Å². The summed E-state index contributed by atoms with van der Waals surface area (Å²) in [7, 11) is 0. The smallest absolute Gasteiger partial charge is 0.319 e. The number of nitrogens with zero attached hydrogens (tertiary/aromatic N) is 1. The molecule has 0 spiro atoms. The highest BCUT2D eigenvalue weighted by Gasteiger charge is 2.11. The minimum atomic E-state index is -0.313. The van der Waals surface area contributed by atoms with Crippen LogP contribution in [0.4, 0.5) is 10.5 Å². The summed E-state index contributed by atoms with van der Waals surface area (Å²) in [4.78, 5) is 13.1. The fraction of sp³-hybridized carbons (Fsp3) is 0.125. The molecule has 2 amide bonds. The van der Waals surface area contributed by atoms with Crippen molar-refractivity contribution in [1.82, 2.24) is 5.32 Å². The molecule has 0 bridgehead atoms. The maximum atomic E-state index is 11.5. The van der Waals surface area contributed by atoms with Crippen LogP contribution >= 0.6 is 35.0 Å². The zero-order valence-corrected chi connectivity index (χ0v) is 14.5. The molecule has 4 nitrogen and oxygen atoms in total. The Hall–Kier alpha value is -1.87. The zero-order valence-electron chi connectivity index (χ0n) is 12.2. The van der Waals surface area contributed by atoms with Crippen molar-refractivity contribution in [1.29, 1.82) is 5.26 Å². The summed E-state index contributed by atoms with van der Waals surface area (Å²) < 4.78 is 0. The van der Waals surface area contributed by atoms with Crippen molar-refractivity contribution in [3.8, 4) is 6.07 Å². The standard InChI is InChI=1S/C16H13Cl2N3OS/c1-2-20-16(22)21-11-7-13(17)15(14(18)8-11)23-12-5-3-10(9-19)4-6-12/h3-8H,2H2,1H3,(H2,20,21,22). The van der Waals surface area contributed by atoms with E-state index in [0.29, 0.717) is 32.7 Å². The van der Waals surface area contributed by atoms with Crippen molar-refractivity contribution < 1.29 is 4.79 Å². The zero-order chi connectivity index (χ0) is 16.8. The molecule has 2 N–H and O–H groups in total. The molecule has 23 heavy (non-hydrogen) atoms. The molecule has 7 heteroatoms. The van der Waals surface area contributed by atoms with Gasteiger partial charge < -0.3 is 10.6 Å². The van der Waals surface area contributed by atoms with Crippen LogP contribution in [-0.4, -0.2) is 12.6 Å². The van der Waals surface area contributed by atoms with Gasteiger partial charge in [-0.25, -0.2) is 4.79 Å². The number of urea groups is 1. The molecule has 0 fully saturated rings. The van der Waals surface area contributed by atoms with E-state index in [2.05, 4.69) is 16.7 Å². The van der Waals surface area contributed by atoms with Crippen LogP contribution in [0, 0.1) is 11.3 Å². The van der Waals surface area contributed by atoms with Crippen LogP contribution in [0.25, 0.3) is 0 Å². The Bertz CT molecular complexity index is 734. The first-order valence-electron chi connectivity index (χ1n) is 6.75. The first-order chi connectivity index (χ1) is 11.0. The average Bonchev–Trinajstić information content (AvgIpc) is 2.52. The number of carbonyl (C=O) groups excluding carboxylic acids is 1. The van der Waals surface area contributed by atoms with E-state index in [0.717, 1.165) is 4.90 Å². The lowest BCUT2D eigenvalue weighted by atomic mass is 10.2. The first-order valence-corrected chi connectivity index (χ1v) is 8.32. The van der Waals surface area contributed by atoms with Gasteiger partial charge in [0.05, 0.1) is 21.7 Å². The van der Waals surface area contributed by atoms with Gasteiger partial charge in [-0.1, -0.05) is 35.0 Å². The monoisotopic (exact) mass is 365 g/mol. The Balaban J connectivity index is 2.19. The molecule has 0 atom stereocenters. The Morgan fingerprint density at radius 2 is 1.83 bits per heavy atom. The lowest BCUT2D eigenvalue weighted by molar-refractivity contribution is 0.252. The molecule has 0 saturated carbocycles. The summed E-state index contributed by atoms with van der Waals surface area (Å²) in [5.74, 6) is 0. The number of anilines is 1. The predicted octanol–water partition coefficient (Wildman–Crippen LogP) is 5.16. The number of halogens is 2. The third kappa shape index (κ3) is 4.80. The number of rotatable bonds is 4. The summed E-state index contributed by atoms with van der Waals surface area (Å²) in [5.41, 5.74) is 1.11. The SMILES string of the molecule is CCNC(=O)Nc1cc(Cl)c(Sc2ccc(C#N)cc2)c(Cl)c1. The van der Waals surface area contributed by atoms with Crippen molar-refractivity contribution in [2.45, 2.75) is 16.7 Å². The lowest BCUT2D eigenvalue weighted by Crippen LogP contribution is -2.28. The molecular weight excluding hydrogens is 353 g/mol. The van der Waals surface area contributed by atoms with Gasteiger partial charge in [0, 0.05) is 22.0 Å². The molecule has 2 aromatic carbocycles. The minimum absolute atomic E-state index is 0.313. The average molecular weight is 366 g/mol. The van der Waals surface area contributed by atoms with Crippen molar-refractivity contribution in [3.63, 3.8) is 0 Å². The normalized spacial score (nSPS) is 10.0. The Morgan fingerprint density at radius 1 is 1.22 bits per heavy atom. The molecule has 2 aromatic rings. The molecule has 0 unspecified atom stereocenters. The van der Waals surface area contributed by atoms with E-state index in [4.69, 9.17) is 28.5 Å². The second kappa shape index (κ2) is 8.11. The molecule has 0 heterocycles. The molecular formula is C16H13Cl2N3OS. The number of hydrogen-bond acceptors (Lipinski definition) is 3. The molecule has 0 radical (unpaired) electrons. The van der Waals surface area contributed by atoms with Crippen LogP contribution in [0.1, 0.15) is 12.5 Å². The topological polar surface area (TPSA) is 64.9 Å². The van der Waals surface area contributed by atoms with Crippen LogP contribution in [0.2, 0.25) is 10.0 Å². The number of carbonyl (C=O) groups is 1. The van der Waals surface area contributed by atoms with Crippen molar-refractivity contribution in [2.75, 3.05) is 11.9 Å². The van der Waals surface area contributed by atoms with Crippen LogP contribution in [0.15, 0.2) is 46.2 Å². The van der Waals surface area contributed by atoms with E-state index in [1.54, 1.807) is 24.3 Å². The molecule has 2 rings (SSSR count). The summed E-state index contributed by atoms with van der Waals surface area (Å²) in [6.45, 7) is 2.36. The largest absolute Gasteiger partial charge is 0.338 e. The van der Waals surface area contributed by atoms with Gasteiger partial charge in [-0.3, -0.25) is 0 Å². The van der Waals surface area contributed by atoms with Gasteiger partial charge in [0.25, 0.3) is 0 Å². The van der Waals surface area contributed by atoms with E-state index in [1.165, 1.54) is 11.8 Å². The second-order valence-corrected chi connectivity index (χ2v) is 6.39. The van der Waals surface area contributed by atoms with Gasteiger partial charge in [0.2, 0.25) is 0 Å². The number of nitrogens with one attached hydrogen (secondary N) is 2. The van der Waals surface area contributed by atoms with Crippen LogP contribution < -0.4 is 10.6 Å². The Kier molecular flexibility index (Phi) is 6.17. The van der Waals surface area contributed by atoms with E-state index in [1.807, 2.05) is 19.1 Å². The highest BCUT2D eigenvalue weighted by Crippen LogP contribution is 2.40. The Morgan fingerprint density at radius 3 is 2.35 bits per heavy atom. The summed E-state index contributed by atoms with van der Waals surface area (Å²) in [6.07, 6.45) is 0. The molecule has 118 valence electrons. The van der Waals surface area contributed by atoms with Crippen LogP contribution in [0.5, 0.6) is 0 Å². The van der Waals surface area contributed by atoms with Gasteiger partial charge in [-0.05, 0) is 43.3 Å². The van der Waals surface area contributed by atoms with E-state index in [9.17, 15) is 4.79 Å². The summed E-state index contributed by atoms with van der Waals surface area (Å²) in [5, 5.41) is 15.0. The number of amides is 2. The van der Waals surface area contributed by atoms with E-state index < -0.39 is 0 Å². The quantitative estimate of drug-likeness (QED) is 0.786. The highest BCUT2D eigenvalue weighted by molar-refractivity contribution is 7.99. The maximum Gasteiger partial charge on any atom is 0.319 e. The molecule has 0 saturated heterocycles. The van der Waals surface area contributed by atoms with Crippen molar-refractivity contribution >= 4 is 46.7 Å². The van der Waals surface area contributed by atoms with E-state index in [-0.39, 0.29) is 6.03 Å². The van der Waals surface area contributed by atoms with Gasteiger partial charge in [0.15, 0.2) is 0 Å². The van der Waals surface area contributed by atoms with Gasteiger partial charge in [-0.15, -0.1) is 0 Å². The minimum Gasteiger partial charge on any atom is -0.338 e. The fourth-order valence-electron chi connectivity index (χ4n) is 1.78. The summed E-state index contributed by atoms with van der Waals surface area (Å²) in [6, 6.07) is 12.2. The third-order valence-electron chi connectivity index (χ3n) is 2.80. The van der Waals surface area contributed by atoms with Crippen LogP contribution in [-0.2, 0) is 0 Å². The molecule has 0 aliphatic carbocycles. The molecule has 0 aliphatic heterocycles. The van der Waals surface area contributed by atoms with Gasteiger partial charge in [0.1, 0.15) is 0 Å². The molecule has 0 aliphatic rings. The number of nitriles is 1.